The first-order chi connectivity index (χ1) is 12.2. The maximum absolute atomic E-state index is 12.4. The van der Waals surface area contributed by atoms with E-state index in [1.54, 1.807) is 0 Å². The highest BCUT2D eigenvalue weighted by molar-refractivity contribution is 7.10. The second-order valence-corrected chi connectivity index (χ2v) is 9.63. The molecule has 0 bridgehead atoms. The molecule has 0 fully saturated rings. The van der Waals surface area contributed by atoms with Crippen LogP contribution in [0.25, 0.3) is 0 Å². The van der Waals surface area contributed by atoms with Crippen LogP contribution in [0.4, 0.5) is 11.4 Å². The van der Waals surface area contributed by atoms with Crippen LogP contribution < -0.4 is 10.2 Å². The van der Waals surface area contributed by atoms with Gasteiger partial charge in [0.2, 0.25) is 5.91 Å². The first-order valence-electron chi connectivity index (χ1n) is 9.44. The molecule has 0 radical (unpaired) electrons. The molecule has 3 rings (SSSR count). The minimum absolute atomic E-state index is 0.00367. The molecular formula is C22H30N2OS. The van der Waals surface area contributed by atoms with Crippen molar-refractivity contribution in [1.82, 2.24) is 0 Å². The van der Waals surface area contributed by atoms with Crippen molar-refractivity contribution >= 4 is 28.6 Å². The molecule has 2 aromatic rings. The van der Waals surface area contributed by atoms with Gasteiger partial charge in [0, 0.05) is 29.2 Å². The van der Waals surface area contributed by atoms with Crippen molar-refractivity contribution in [3.63, 3.8) is 0 Å². The molecule has 140 valence electrons. The lowest BCUT2D eigenvalue weighted by Gasteiger charge is -2.25. The summed E-state index contributed by atoms with van der Waals surface area (Å²) in [4.78, 5) is 16.3. The lowest BCUT2D eigenvalue weighted by Crippen LogP contribution is -2.23. The molecule has 26 heavy (non-hydrogen) atoms. The van der Waals surface area contributed by atoms with E-state index in [1.165, 1.54) is 29.0 Å². The molecule has 0 spiro atoms. The number of nitrogens with zero attached hydrogens (tertiary/aromatic N) is 1. The third-order valence-electron chi connectivity index (χ3n) is 4.88. The summed E-state index contributed by atoms with van der Waals surface area (Å²) in [5.41, 5.74) is 6.01. The average molecular weight is 371 g/mol. The van der Waals surface area contributed by atoms with E-state index in [-0.39, 0.29) is 11.3 Å². The maximum atomic E-state index is 12.4. The smallest absolute Gasteiger partial charge is 0.224 e. The van der Waals surface area contributed by atoms with Crippen molar-refractivity contribution in [3.05, 3.63) is 45.1 Å². The van der Waals surface area contributed by atoms with Gasteiger partial charge in [0.05, 0.1) is 6.54 Å². The number of rotatable bonds is 3. The second kappa shape index (κ2) is 7.43. The Hall–Kier alpha value is -1.81. The van der Waals surface area contributed by atoms with Crippen LogP contribution in [0.1, 0.15) is 55.2 Å². The molecule has 0 atom stereocenters. The summed E-state index contributed by atoms with van der Waals surface area (Å²) in [6.07, 6.45) is 2.89. The van der Waals surface area contributed by atoms with Gasteiger partial charge in [0.25, 0.3) is 0 Å². The molecule has 1 aliphatic heterocycles. The SMILES string of the molecule is Cc1cc(N2CCCc3ccsc3C2)cc(C)c1NC(=O)CC(C)(C)C. The number of anilines is 2. The van der Waals surface area contributed by atoms with E-state index >= 15 is 0 Å². The summed E-state index contributed by atoms with van der Waals surface area (Å²) >= 11 is 1.86. The molecule has 1 N–H and O–H groups in total. The van der Waals surface area contributed by atoms with E-state index in [0.717, 1.165) is 29.9 Å². The summed E-state index contributed by atoms with van der Waals surface area (Å²) in [5.74, 6) is 0.0921. The highest BCUT2D eigenvalue weighted by atomic mass is 32.1. The molecule has 0 aliphatic carbocycles. The van der Waals surface area contributed by atoms with E-state index in [4.69, 9.17) is 0 Å². The first-order valence-corrected chi connectivity index (χ1v) is 10.3. The van der Waals surface area contributed by atoms with Gasteiger partial charge in [-0.3, -0.25) is 4.79 Å². The minimum atomic E-state index is -0.00367. The second-order valence-electron chi connectivity index (χ2n) is 8.63. The number of carbonyl (C=O) groups is 1. The predicted octanol–water partition coefficient (Wildman–Crippen LogP) is 5.69. The van der Waals surface area contributed by atoms with E-state index in [0.29, 0.717) is 6.42 Å². The first kappa shape index (κ1) is 19.0. The number of hydrogen-bond donors (Lipinski definition) is 1. The van der Waals surface area contributed by atoms with Gasteiger partial charge in [-0.15, -0.1) is 11.3 Å². The van der Waals surface area contributed by atoms with E-state index < -0.39 is 0 Å². The number of fused-ring (bicyclic) bond motifs is 1. The molecule has 1 aliphatic rings. The summed E-state index contributed by atoms with van der Waals surface area (Å²) in [6.45, 7) is 12.5. The molecule has 0 saturated heterocycles. The Bertz CT molecular complexity index is 778. The quantitative estimate of drug-likeness (QED) is 0.752. The van der Waals surface area contributed by atoms with Gasteiger partial charge in [-0.05, 0) is 72.4 Å². The number of hydrogen-bond acceptors (Lipinski definition) is 3. The highest BCUT2D eigenvalue weighted by Gasteiger charge is 2.20. The van der Waals surface area contributed by atoms with Crippen LogP contribution in [0.3, 0.4) is 0 Å². The summed E-state index contributed by atoms with van der Waals surface area (Å²) in [6, 6.07) is 6.71. The molecule has 3 nitrogen and oxygen atoms in total. The number of thiophene rings is 1. The Labute approximate surface area is 161 Å². The minimum Gasteiger partial charge on any atom is -0.366 e. The van der Waals surface area contributed by atoms with Gasteiger partial charge in [-0.2, -0.15) is 0 Å². The Kier molecular flexibility index (Phi) is 5.42. The Morgan fingerprint density at radius 1 is 1.23 bits per heavy atom. The summed E-state index contributed by atoms with van der Waals surface area (Å²) < 4.78 is 0. The zero-order chi connectivity index (χ0) is 18.9. The predicted molar refractivity (Wildman–Crippen MR) is 112 cm³/mol. The molecule has 2 heterocycles. The van der Waals surface area contributed by atoms with Crippen molar-refractivity contribution in [3.8, 4) is 0 Å². The van der Waals surface area contributed by atoms with E-state index in [1.807, 2.05) is 11.3 Å². The van der Waals surface area contributed by atoms with Crippen molar-refractivity contribution in [2.24, 2.45) is 5.41 Å². The number of benzene rings is 1. The average Bonchev–Trinajstić information content (AvgIpc) is 2.86. The van der Waals surface area contributed by atoms with Gasteiger partial charge in [-0.25, -0.2) is 0 Å². The van der Waals surface area contributed by atoms with Crippen LogP contribution in [0, 0.1) is 19.3 Å². The Morgan fingerprint density at radius 2 is 1.92 bits per heavy atom. The Morgan fingerprint density at radius 3 is 2.58 bits per heavy atom. The fourth-order valence-electron chi connectivity index (χ4n) is 3.65. The monoisotopic (exact) mass is 370 g/mol. The van der Waals surface area contributed by atoms with Crippen LogP contribution >= 0.6 is 11.3 Å². The van der Waals surface area contributed by atoms with Crippen molar-refractivity contribution in [2.75, 3.05) is 16.8 Å². The Balaban J connectivity index is 1.80. The molecule has 0 saturated carbocycles. The lowest BCUT2D eigenvalue weighted by atomic mass is 9.92. The van der Waals surface area contributed by atoms with Gasteiger partial charge < -0.3 is 10.2 Å². The maximum Gasteiger partial charge on any atom is 0.224 e. The van der Waals surface area contributed by atoms with Crippen molar-refractivity contribution in [1.29, 1.82) is 0 Å². The molecule has 1 amide bonds. The van der Waals surface area contributed by atoms with Crippen molar-refractivity contribution < 1.29 is 4.79 Å². The van der Waals surface area contributed by atoms with Gasteiger partial charge >= 0.3 is 0 Å². The molecular weight excluding hydrogens is 340 g/mol. The number of aryl methyl sites for hydroxylation is 3. The number of carbonyl (C=O) groups excluding carboxylic acids is 1. The summed E-state index contributed by atoms with van der Waals surface area (Å²) in [7, 11) is 0. The molecule has 1 aromatic heterocycles. The topological polar surface area (TPSA) is 32.3 Å². The van der Waals surface area contributed by atoms with E-state index in [2.05, 4.69) is 68.4 Å². The van der Waals surface area contributed by atoms with Crippen LogP contribution in [-0.2, 0) is 17.8 Å². The third-order valence-corrected chi connectivity index (χ3v) is 5.83. The summed E-state index contributed by atoms with van der Waals surface area (Å²) in [5, 5.41) is 5.34. The zero-order valence-electron chi connectivity index (χ0n) is 16.6. The normalized spacial score (nSPS) is 14.7. The van der Waals surface area contributed by atoms with Crippen molar-refractivity contribution in [2.45, 2.75) is 60.4 Å². The van der Waals surface area contributed by atoms with E-state index in [9.17, 15) is 4.79 Å². The van der Waals surface area contributed by atoms with Crippen LogP contribution in [0.5, 0.6) is 0 Å². The number of amides is 1. The fourth-order valence-corrected chi connectivity index (χ4v) is 4.60. The van der Waals surface area contributed by atoms with Gasteiger partial charge in [-0.1, -0.05) is 20.8 Å². The van der Waals surface area contributed by atoms with Crippen LogP contribution in [-0.4, -0.2) is 12.5 Å². The van der Waals surface area contributed by atoms with Crippen LogP contribution in [0.2, 0.25) is 0 Å². The molecule has 0 unspecified atom stereocenters. The lowest BCUT2D eigenvalue weighted by molar-refractivity contribution is -0.117. The zero-order valence-corrected chi connectivity index (χ0v) is 17.4. The standard InChI is InChI=1S/C22H30N2OS/c1-15-11-18(24-9-6-7-17-8-10-26-19(17)14-24)12-16(2)21(15)23-20(25)13-22(3,4)5/h8,10-12H,6-7,9,13-14H2,1-5H3,(H,23,25). The number of nitrogens with one attached hydrogen (secondary N) is 1. The van der Waals surface area contributed by atoms with Gasteiger partial charge in [0.15, 0.2) is 0 Å². The fraction of sp³-hybridized carbons (Fsp3) is 0.500. The highest BCUT2D eigenvalue weighted by Crippen LogP contribution is 2.32. The molecule has 4 heteroatoms. The molecule has 1 aromatic carbocycles. The third kappa shape index (κ3) is 4.47. The van der Waals surface area contributed by atoms with Gasteiger partial charge in [0.1, 0.15) is 0 Å². The largest absolute Gasteiger partial charge is 0.366 e. The van der Waals surface area contributed by atoms with Crippen LogP contribution in [0.15, 0.2) is 23.6 Å².